The fourth-order valence-electron chi connectivity index (χ4n) is 0.215. The average Bonchev–Trinajstić information content (AvgIpc) is 1.86. The molecule has 1 aromatic heterocycles. The number of nitrogens with zero attached hydrogens (tertiary/aromatic N) is 2. The van der Waals surface area contributed by atoms with Crippen LogP contribution >= 0.6 is 0 Å². The molecule has 0 bridgehead atoms. The summed E-state index contributed by atoms with van der Waals surface area (Å²) in [6.07, 6.45) is 1.36. The molecular formula is C2H4N4. The SMILES string of the molecule is Nc1n[13cH][15n][nH]1. The molecule has 4 heteroatoms. The number of H-pyrrole nitrogens is 1. The molecular weight excluding hydrogens is 82.0 g/mol. The van der Waals surface area contributed by atoms with E-state index in [1.807, 2.05) is 0 Å². The van der Waals surface area contributed by atoms with E-state index in [0.717, 1.165) is 0 Å². The molecule has 32 valence electrons. The second-order valence-corrected chi connectivity index (χ2v) is 0.871. The number of aromatic amines is 1. The van der Waals surface area contributed by atoms with Gasteiger partial charge in [-0.25, -0.2) is 10.1 Å². The van der Waals surface area contributed by atoms with Gasteiger partial charge in [-0.05, 0) is 0 Å². The van der Waals surface area contributed by atoms with Crippen LogP contribution in [0.5, 0.6) is 0 Å². The Balaban J connectivity index is 3.05. The summed E-state index contributed by atoms with van der Waals surface area (Å²) in [5.74, 6) is 0.356. The van der Waals surface area contributed by atoms with Gasteiger partial charge < -0.3 is 5.73 Å². The molecule has 0 radical (unpaired) electrons. The van der Waals surface area contributed by atoms with Gasteiger partial charge in [-0.1, -0.05) is 0 Å². The van der Waals surface area contributed by atoms with Crippen LogP contribution in [-0.4, -0.2) is 15.2 Å². The van der Waals surface area contributed by atoms with Crippen LogP contribution in [0.2, 0.25) is 0 Å². The summed E-state index contributed by atoms with van der Waals surface area (Å²) in [6, 6.07) is 0. The molecule has 0 aliphatic heterocycles. The van der Waals surface area contributed by atoms with Gasteiger partial charge in [-0.2, -0.15) is 5.10 Å². The number of nitrogen functional groups attached to an aromatic ring is 1. The van der Waals surface area contributed by atoms with E-state index in [9.17, 15) is 0 Å². The maximum atomic E-state index is 5.05. The Morgan fingerprint density at radius 2 is 2.67 bits per heavy atom. The van der Waals surface area contributed by atoms with Crippen molar-refractivity contribution < 1.29 is 0 Å². The summed E-state index contributed by atoms with van der Waals surface area (Å²) in [5.41, 5.74) is 5.05. The molecule has 1 rings (SSSR count). The third-order valence-corrected chi connectivity index (χ3v) is 0.434. The second kappa shape index (κ2) is 0.965. The standard InChI is InChI=1S/C2H4N4/c3-2-4-1-5-6-2/h1H,(H3,3,4,5,6)/i1+1,5+1. The number of hydrogen-bond donors (Lipinski definition) is 2. The highest BCUT2D eigenvalue weighted by Crippen LogP contribution is 1.76. The predicted molar refractivity (Wildman–Crippen MR) is 20.8 cm³/mol. The Bertz CT molecular complexity index is 109. The second-order valence-electron chi connectivity index (χ2n) is 0.871. The van der Waals surface area contributed by atoms with Crippen LogP contribution in [-0.2, 0) is 0 Å². The summed E-state index contributed by atoms with van der Waals surface area (Å²) < 4.78 is 0. The maximum absolute atomic E-state index is 5.05. The van der Waals surface area contributed by atoms with Crippen molar-refractivity contribution in [3.8, 4) is 0 Å². The van der Waals surface area contributed by atoms with Crippen LogP contribution in [0.25, 0.3) is 0 Å². The zero-order valence-corrected chi connectivity index (χ0v) is 3.05. The molecule has 0 aliphatic carbocycles. The smallest absolute Gasteiger partial charge is 0.215 e. The highest BCUT2D eigenvalue weighted by atomic mass is 15.8. The molecule has 0 unspecified atom stereocenters. The number of rotatable bonds is 0. The van der Waals surface area contributed by atoms with Crippen LogP contribution in [0.3, 0.4) is 0 Å². The Kier molecular flexibility index (Phi) is 0.506. The van der Waals surface area contributed by atoms with E-state index < -0.39 is 0 Å². The van der Waals surface area contributed by atoms with E-state index in [4.69, 9.17) is 5.73 Å². The minimum absolute atomic E-state index is 0.356. The number of nitrogens with two attached hydrogens (primary N) is 1. The lowest BCUT2D eigenvalue weighted by Crippen LogP contribution is -1.84. The molecule has 0 saturated carbocycles. The van der Waals surface area contributed by atoms with Crippen molar-refractivity contribution in [1.29, 1.82) is 0 Å². The highest BCUT2D eigenvalue weighted by Gasteiger charge is 1.75. The van der Waals surface area contributed by atoms with Gasteiger partial charge in [0.05, 0.1) is 0 Å². The van der Waals surface area contributed by atoms with Crippen LogP contribution in [0.15, 0.2) is 6.33 Å². The quantitative estimate of drug-likeness (QED) is 0.442. The van der Waals surface area contributed by atoms with Crippen LogP contribution in [0.4, 0.5) is 5.95 Å². The molecule has 0 spiro atoms. The van der Waals surface area contributed by atoms with E-state index in [0.29, 0.717) is 5.95 Å². The highest BCUT2D eigenvalue weighted by molar-refractivity contribution is 5.07. The number of hydrogen-bond acceptors (Lipinski definition) is 3. The molecule has 0 atom stereocenters. The van der Waals surface area contributed by atoms with Gasteiger partial charge >= 0.3 is 0 Å². The third-order valence-electron chi connectivity index (χ3n) is 0.434. The number of aromatic nitrogens is 3. The minimum Gasteiger partial charge on any atom is -0.368 e. The lowest BCUT2D eigenvalue weighted by atomic mass is 11.2. The molecule has 3 N–H and O–H groups in total. The van der Waals surface area contributed by atoms with Crippen molar-refractivity contribution in [2.75, 3.05) is 5.73 Å². The van der Waals surface area contributed by atoms with Gasteiger partial charge in [-0.15, -0.1) is 0 Å². The lowest BCUT2D eigenvalue weighted by Gasteiger charge is -1.68. The molecule has 0 amide bonds. The van der Waals surface area contributed by atoms with Crippen molar-refractivity contribution in [3.05, 3.63) is 6.33 Å². The molecule has 0 aromatic carbocycles. The molecule has 6 heavy (non-hydrogen) atoms. The number of nitrogens with one attached hydrogen (secondary N) is 1. The molecule has 4 nitrogen and oxygen atoms in total. The first-order chi connectivity index (χ1) is 2.89. The summed E-state index contributed by atoms with van der Waals surface area (Å²) in [6.45, 7) is 0. The van der Waals surface area contributed by atoms with Crippen LogP contribution in [0.1, 0.15) is 0 Å². The van der Waals surface area contributed by atoms with E-state index in [1.54, 1.807) is 0 Å². The van der Waals surface area contributed by atoms with E-state index >= 15 is 0 Å². The predicted octanol–water partition coefficient (Wildman–Crippen LogP) is -0.613. The van der Waals surface area contributed by atoms with E-state index in [1.165, 1.54) is 6.33 Å². The van der Waals surface area contributed by atoms with Gasteiger partial charge in [0.2, 0.25) is 5.95 Å². The van der Waals surface area contributed by atoms with Crippen LogP contribution in [0, 0.1) is 0 Å². The molecule has 0 saturated heterocycles. The Morgan fingerprint density at radius 1 is 1.83 bits per heavy atom. The molecule has 1 heterocycles. The largest absolute Gasteiger partial charge is 0.368 e. The van der Waals surface area contributed by atoms with E-state index in [2.05, 4.69) is 15.2 Å². The summed E-state index contributed by atoms with van der Waals surface area (Å²) in [4.78, 5) is 3.53. The Morgan fingerprint density at radius 3 is 2.83 bits per heavy atom. The Hall–Kier alpha value is -1.06. The summed E-state index contributed by atoms with van der Waals surface area (Å²) in [7, 11) is 0. The minimum atomic E-state index is 0.356. The summed E-state index contributed by atoms with van der Waals surface area (Å²) >= 11 is 0. The first kappa shape index (κ1) is 3.14. The first-order valence-corrected chi connectivity index (χ1v) is 1.50. The zero-order chi connectivity index (χ0) is 4.41. The van der Waals surface area contributed by atoms with Gasteiger partial charge in [0, 0.05) is 0 Å². The molecule has 0 aliphatic rings. The van der Waals surface area contributed by atoms with Crippen molar-refractivity contribution in [1.82, 2.24) is 15.2 Å². The Labute approximate surface area is 34.4 Å². The van der Waals surface area contributed by atoms with Gasteiger partial charge in [-0.3, -0.25) is 0 Å². The fraction of sp³-hybridized carbons (Fsp3) is 0. The molecule has 1 aromatic rings. The first-order valence-electron chi connectivity index (χ1n) is 1.50. The summed E-state index contributed by atoms with van der Waals surface area (Å²) in [5, 5.41) is 5.88. The van der Waals surface area contributed by atoms with Crippen molar-refractivity contribution in [3.63, 3.8) is 0 Å². The normalized spacial score (nSPS) is 8.67. The molecule has 0 fully saturated rings. The van der Waals surface area contributed by atoms with Crippen molar-refractivity contribution in [2.45, 2.75) is 0 Å². The third kappa shape index (κ3) is 0.314. The van der Waals surface area contributed by atoms with Gasteiger partial charge in [0.15, 0.2) is 0 Å². The van der Waals surface area contributed by atoms with Crippen molar-refractivity contribution >= 4 is 5.95 Å². The lowest BCUT2D eigenvalue weighted by molar-refractivity contribution is 1.10. The zero-order valence-electron chi connectivity index (χ0n) is 3.05. The van der Waals surface area contributed by atoms with E-state index in [-0.39, 0.29) is 0 Å². The van der Waals surface area contributed by atoms with Gasteiger partial charge in [0.25, 0.3) is 0 Å². The average molecular weight is 86.1 g/mol. The fourth-order valence-corrected chi connectivity index (χ4v) is 0.215. The van der Waals surface area contributed by atoms with Gasteiger partial charge in [0.1, 0.15) is 6.33 Å². The monoisotopic (exact) mass is 86.0 g/mol. The maximum Gasteiger partial charge on any atom is 0.215 e. The van der Waals surface area contributed by atoms with Crippen molar-refractivity contribution in [2.24, 2.45) is 0 Å². The number of anilines is 1. The topological polar surface area (TPSA) is 67.6 Å². The van der Waals surface area contributed by atoms with Crippen LogP contribution < -0.4 is 5.73 Å².